The molecule has 2 aliphatic rings. The van der Waals surface area contributed by atoms with E-state index in [0.717, 1.165) is 49.3 Å². The second-order valence-corrected chi connectivity index (χ2v) is 7.74. The van der Waals surface area contributed by atoms with E-state index >= 15 is 0 Å². The van der Waals surface area contributed by atoms with Crippen molar-refractivity contribution < 1.29 is 9.53 Å². The minimum Gasteiger partial charge on any atom is -0.378 e. The van der Waals surface area contributed by atoms with Crippen LogP contribution in [0.4, 0.5) is 0 Å². The van der Waals surface area contributed by atoms with Crippen LogP contribution in [-0.2, 0) is 17.6 Å². The van der Waals surface area contributed by atoms with Crippen LogP contribution >= 0.6 is 11.3 Å². The summed E-state index contributed by atoms with van der Waals surface area (Å²) in [5, 5.41) is 4.21. The minimum absolute atomic E-state index is 0.0797. The quantitative estimate of drug-likeness (QED) is 0.898. The van der Waals surface area contributed by atoms with Gasteiger partial charge in [0.05, 0.1) is 11.7 Å². The number of rotatable bonds is 5. The average molecular weight is 344 g/mol. The summed E-state index contributed by atoms with van der Waals surface area (Å²) in [5.74, 6) is 0.0797. The van der Waals surface area contributed by atoms with Crippen LogP contribution in [0.25, 0.3) is 5.00 Å². The summed E-state index contributed by atoms with van der Waals surface area (Å²) in [5.41, 5.74) is 2.18. The summed E-state index contributed by atoms with van der Waals surface area (Å²) in [4.78, 5) is 14.3. The molecule has 0 spiro atoms. The van der Waals surface area contributed by atoms with Gasteiger partial charge in [-0.25, -0.2) is 0 Å². The second-order valence-electron chi connectivity index (χ2n) is 6.66. The van der Waals surface area contributed by atoms with Crippen LogP contribution in [0.5, 0.6) is 0 Å². The predicted molar refractivity (Wildman–Crippen MR) is 96.2 cm³/mol. The molecule has 2 aromatic rings. The molecular formula is C19H24N2O2S. The monoisotopic (exact) mass is 344 g/mol. The van der Waals surface area contributed by atoms with Crippen LogP contribution < -0.4 is 5.32 Å². The molecule has 2 aromatic heterocycles. The molecule has 4 rings (SSSR count). The van der Waals surface area contributed by atoms with Crippen molar-refractivity contribution >= 4 is 17.2 Å². The molecule has 1 atom stereocenters. The molecular weight excluding hydrogens is 320 g/mol. The maximum Gasteiger partial charge on any atom is 0.254 e. The van der Waals surface area contributed by atoms with Crippen molar-refractivity contribution in [2.45, 2.75) is 51.0 Å². The third-order valence-electron chi connectivity index (χ3n) is 4.99. The van der Waals surface area contributed by atoms with E-state index in [1.165, 1.54) is 23.3 Å². The molecule has 24 heavy (non-hydrogen) atoms. The Labute approximate surface area is 146 Å². The number of ether oxygens (including phenoxy) is 1. The van der Waals surface area contributed by atoms with Crippen molar-refractivity contribution in [1.82, 2.24) is 9.88 Å². The zero-order valence-electron chi connectivity index (χ0n) is 13.9. The van der Waals surface area contributed by atoms with Crippen LogP contribution in [0, 0.1) is 0 Å². The highest BCUT2D eigenvalue weighted by molar-refractivity contribution is 7.15. The first-order chi connectivity index (χ1) is 11.8. The normalized spacial score (nSPS) is 20.1. The molecule has 4 nitrogen and oxygen atoms in total. The number of aryl methyl sites for hydroxylation is 1. The second kappa shape index (κ2) is 7.11. The Hall–Kier alpha value is -1.59. The van der Waals surface area contributed by atoms with Crippen LogP contribution in [0.1, 0.15) is 52.9 Å². The molecule has 3 heterocycles. The lowest BCUT2D eigenvalue weighted by Crippen LogP contribution is -2.28. The van der Waals surface area contributed by atoms with E-state index in [-0.39, 0.29) is 5.91 Å². The Balaban J connectivity index is 1.54. The number of carbonyl (C=O) groups is 1. The van der Waals surface area contributed by atoms with Crippen molar-refractivity contribution in [2.75, 3.05) is 13.2 Å². The van der Waals surface area contributed by atoms with Gasteiger partial charge < -0.3 is 14.6 Å². The molecule has 0 aromatic carbocycles. The molecule has 1 aliphatic heterocycles. The van der Waals surface area contributed by atoms with Crippen LogP contribution in [0.2, 0.25) is 0 Å². The van der Waals surface area contributed by atoms with Crippen LogP contribution in [-0.4, -0.2) is 29.7 Å². The number of carbonyl (C=O) groups excluding carboxylic acids is 1. The molecule has 1 N–H and O–H groups in total. The third kappa shape index (κ3) is 3.15. The van der Waals surface area contributed by atoms with Gasteiger partial charge in [-0.3, -0.25) is 4.79 Å². The fourth-order valence-electron chi connectivity index (χ4n) is 3.74. The summed E-state index contributed by atoms with van der Waals surface area (Å²) in [6, 6.07) is 4.02. The first kappa shape index (κ1) is 15.9. The molecule has 128 valence electrons. The zero-order chi connectivity index (χ0) is 16.4. The summed E-state index contributed by atoms with van der Waals surface area (Å²) in [6.07, 6.45) is 12.1. The lowest BCUT2D eigenvalue weighted by molar-refractivity contribution is 0.0906. The maximum absolute atomic E-state index is 12.9. The summed E-state index contributed by atoms with van der Waals surface area (Å²) < 4.78 is 7.73. The van der Waals surface area contributed by atoms with Gasteiger partial charge in [0.2, 0.25) is 0 Å². The largest absolute Gasteiger partial charge is 0.378 e. The fraction of sp³-hybridized carbons (Fsp3) is 0.526. The SMILES string of the molecule is O=C(NCC[C@H]1CCCO1)c1c(-n2cccc2)sc2c1CCCC2. The van der Waals surface area contributed by atoms with Crippen molar-refractivity contribution in [2.24, 2.45) is 0 Å². The molecule has 1 fully saturated rings. The van der Waals surface area contributed by atoms with Gasteiger partial charge in [0.1, 0.15) is 5.00 Å². The number of nitrogens with one attached hydrogen (secondary N) is 1. The van der Waals surface area contributed by atoms with Crippen molar-refractivity contribution in [3.8, 4) is 5.00 Å². The van der Waals surface area contributed by atoms with Gasteiger partial charge in [-0.1, -0.05) is 0 Å². The Morgan fingerprint density at radius 3 is 2.88 bits per heavy atom. The predicted octanol–water partition coefficient (Wildman–Crippen LogP) is 3.72. The first-order valence-corrected chi connectivity index (χ1v) is 9.82. The molecule has 5 heteroatoms. The van der Waals surface area contributed by atoms with Crippen LogP contribution in [0.3, 0.4) is 0 Å². The van der Waals surface area contributed by atoms with Gasteiger partial charge in [0.25, 0.3) is 5.91 Å². The average Bonchev–Trinajstić information content (AvgIpc) is 3.34. The summed E-state index contributed by atoms with van der Waals surface area (Å²) in [7, 11) is 0. The van der Waals surface area contributed by atoms with Gasteiger partial charge in [0, 0.05) is 30.4 Å². The first-order valence-electron chi connectivity index (χ1n) is 9.00. The Morgan fingerprint density at radius 2 is 2.08 bits per heavy atom. The smallest absolute Gasteiger partial charge is 0.254 e. The highest BCUT2D eigenvalue weighted by Crippen LogP contribution is 2.36. The van der Waals surface area contributed by atoms with E-state index in [4.69, 9.17) is 4.74 Å². The maximum atomic E-state index is 12.9. The molecule has 0 unspecified atom stereocenters. The summed E-state index contributed by atoms with van der Waals surface area (Å²) >= 11 is 1.78. The Bertz CT molecular complexity index is 699. The van der Waals surface area contributed by atoms with E-state index < -0.39 is 0 Å². The van der Waals surface area contributed by atoms with Gasteiger partial charge in [-0.05, 0) is 62.6 Å². The van der Waals surface area contributed by atoms with E-state index in [9.17, 15) is 4.79 Å². The standard InChI is InChI=1S/C19H24N2O2S/c22-18(20-10-9-14-6-5-13-23-14)17-15-7-1-2-8-16(15)24-19(17)21-11-3-4-12-21/h3-4,11-12,14H,1-2,5-10,13H2,(H,20,22)/t14-/m1/s1. The number of nitrogens with zero attached hydrogens (tertiary/aromatic N) is 1. The number of fused-ring (bicyclic) bond motifs is 1. The van der Waals surface area contributed by atoms with Gasteiger partial charge in [0.15, 0.2) is 0 Å². The molecule has 1 saturated heterocycles. The van der Waals surface area contributed by atoms with Crippen LogP contribution in [0.15, 0.2) is 24.5 Å². The van der Waals surface area contributed by atoms with E-state index in [2.05, 4.69) is 9.88 Å². The fourth-order valence-corrected chi connectivity index (χ4v) is 5.10. The number of aromatic nitrogens is 1. The zero-order valence-corrected chi connectivity index (χ0v) is 14.7. The highest BCUT2D eigenvalue weighted by Gasteiger charge is 2.26. The molecule has 0 radical (unpaired) electrons. The lowest BCUT2D eigenvalue weighted by atomic mass is 9.95. The number of hydrogen-bond acceptors (Lipinski definition) is 3. The van der Waals surface area contributed by atoms with E-state index in [1.54, 1.807) is 11.3 Å². The van der Waals surface area contributed by atoms with E-state index in [1.807, 2.05) is 24.5 Å². The van der Waals surface area contributed by atoms with E-state index in [0.29, 0.717) is 12.6 Å². The van der Waals surface area contributed by atoms with Gasteiger partial charge >= 0.3 is 0 Å². The third-order valence-corrected chi connectivity index (χ3v) is 6.30. The van der Waals surface area contributed by atoms with Crippen molar-refractivity contribution in [3.63, 3.8) is 0 Å². The Morgan fingerprint density at radius 1 is 1.25 bits per heavy atom. The van der Waals surface area contributed by atoms with Crippen molar-refractivity contribution in [3.05, 3.63) is 40.5 Å². The minimum atomic E-state index is 0.0797. The summed E-state index contributed by atoms with van der Waals surface area (Å²) in [6.45, 7) is 1.56. The lowest BCUT2D eigenvalue weighted by Gasteiger charge is -2.14. The Kier molecular flexibility index (Phi) is 4.72. The topological polar surface area (TPSA) is 43.3 Å². The van der Waals surface area contributed by atoms with Gasteiger partial charge in [-0.15, -0.1) is 11.3 Å². The number of thiophene rings is 1. The number of hydrogen-bond donors (Lipinski definition) is 1. The number of amides is 1. The molecule has 1 amide bonds. The van der Waals surface area contributed by atoms with Crippen molar-refractivity contribution in [1.29, 1.82) is 0 Å². The molecule has 0 bridgehead atoms. The molecule has 0 saturated carbocycles. The highest BCUT2D eigenvalue weighted by atomic mass is 32.1. The molecule has 1 aliphatic carbocycles. The van der Waals surface area contributed by atoms with Gasteiger partial charge in [-0.2, -0.15) is 0 Å².